The van der Waals surface area contributed by atoms with Crippen LogP contribution in [0, 0.1) is 0 Å². The summed E-state index contributed by atoms with van der Waals surface area (Å²) >= 11 is 0. The molecule has 5 aliphatic rings. The van der Waals surface area contributed by atoms with Gasteiger partial charge in [0.05, 0.1) is 19.8 Å². The van der Waals surface area contributed by atoms with E-state index >= 15 is 0 Å². The molecule has 7 nitrogen and oxygen atoms in total. The van der Waals surface area contributed by atoms with E-state index in [1.54, 1.807) is 0 Å². The van der Waals surface area contributed by atoms with E-state index in [0.29, 0.717) is 13.2 Å². The van der Waals surface area contributed by atoms with Crippen molar-refractivity contribution in [2.45, 2.75) is 133 Å². The summed E-state index contributed by atoms with van der Waals surface area (Å²) in [5.41, 5.74) is 1.10. The molecule has 7 heteroatoms. The number of hydrogen-bond donors (Lipinski definition) is 0. The maximum Gasteiger partial charge on any atom is 0.190 e. The van der Waals surface area contributed by atoms with Crippen molar-refractivity contribution in [2.24, 2.45) is 0 Å². The van der Waals surface area contributed by atoms with Gasteiger partial charge in [0.2, 0.25) is 0 Å². The summed E-state index contributed by atoms with van der Waals surface area (Å²) in [6, 6.07) is 8.19. The Hall–Kier alpha value is -1.22. The SMILES string of the molecule is CCCCOc1ccc(CO[C@H]2[C@H]3OC4(CCCCC4)O[C@@H]3O[C@@H]2[C@@H]2COC3(CCCCC3)O2)cc1. The molecule has 0 aromatic heterocycles. The molecular weight excluding hydrogens is 460 g/mol. The van der Waals surface area contributed by atoms with Crippen molar-refractivity contribution >= 4 is 0 Å². The molecule has 2 saturated carbocycles. The molecule has 5 fully saturated rings. The second kappa shape index (κ2) is 10.9. The van der Waals surface area contributed by atoms with E-state index in [-0.39, 0.29) is 24.4 Å². The molecule has 2 spiro atoms. The van der Waals surface area contributed by atoms with E-state index in [0.717, 1.165) is 82.1 Å². The van der Waals surface area contributed by atoms with Gasteiger partial charge in [-0.25, -0.2) is 0 Å². The zero-order valence-electron chi connectivity index (χ0n) is 21.7. The summed E-state index contributed by atoms with van der Waals surface area (Å²) in [6.07, 6.45) is 11.6. The van der Waals surface area contributed by atoms with Gasteiger partial charge in [0.25, 0.3) is 0 Å². The molecule has 0 unspecified atom stereocenters. The number of ether oxygens (including phenoxy) is 7. The second-order valence-corrected chi connectivity index (χ2v) is 11.2. The first kappa shape index (κ1) is 25.1. The van der Waals surface area contributed by atoms with Crippen LogP contribution in [0.3, 0.4) is 0 Å². The minimum Gasteiger partial charge on any atom is -0.494 e. The Morgan fingerprint density at radius 2 is 1.56 bits per heavy atom. The molecule has 1 aromatic carbocycles. The number of hydrogen-bond acceptors (Lipinski definition) is 7. The van der Waals surface area contributed by atoms with E-state index in [1.165, 1.54) is 12.8 Å². The van der Waals surface area contributed by atoms with Crippen molar-refractivity contribution in [2.75, 3.05) is 13.2 Å². The maximum absolute atomic E-state index is 6.63. The summed E-state index contributed by atoms with van der Waals surface area (Å²) < 4.78 is 44.8. The lowest BCUT2D eigenvalue weighted by molar-refractivity contribution is -0.263. The van der Waals surface area contributed by atoms with Crippen molar-refractivity contribution in [1.82, 2.24) is 0 Å². The Morgan fingerprint density at radius 1 is 0.833 bits per heavy atom. The van der Waals surface area contributed by atoms with Crippen LogP contribution >= 0.6 is 0 Å². The highest BCUT2D eigenvalue weighted by Crippen LogP contribution is 2.48. The van der Waals surface area contributed by atoms with Gasteiger partial charge in [0, 0.05) is 25.7 Å². The molecule has 200 valence electrons. The number of rotatable bonds is 8. The summed E-state index contributed by atoms with van der Waals surface area (Å²) in [5, 5.41) is 0. The Labute approximate surface area is 215 Å². The molecule has 2 aliphatic carbocycles. The van der Waals surface area contributed by atoms with Crippen LogP contribution in [0.15, 0.2) is 24.3 Å². The Kier molecular flexibility index (Phi) is 7.57. The monoisotopic (exact) mass is 502 g/mol. The van der Waals surface area contributed by atoms with Gasteiger partial charge < -0.3 is 33.2 Å². The van der Waals surface area contributed by atoms with E-state index in [9.17, 15) is 0 Å². The van der Waals surface area contributed by atoms with Crippen molar-refractivity contribution < 1.29 is 33.2 Å². The second-order valence-electron chi connectivity index (χ2n) is 11.2. The fraction of sp³-hybridized carbons (Fsp3) is 0.793. The van der Waals surface area contributed by atoms with Crippen LogP contribution < -0.4 is 4.74 Å². The van der Waals surface area contributed by atoms with Crippen molar-refractivity contribution in [3.8, 4) is 5.75 Å². The molecule has 3 heterocycles. The number of unbranched alkanes of at least 4 members (excludes halogenated alkanes) is 1. The molecule has 5 atom stereocenters. The first-order chi connectivity index (χ1) is 17.7. The predicted octanol–water partition coefficient (Wildman–Crippen LogP) is 5.63. The first-order valence-electron chi connectivity index (χ1n) is 14.3. The molecule has 6 rings (SSSR count). The average Bonchev–Trinajstić information content (AvgIpc) is 3.56. The molecule has 0 N–H and O–H groups in total. The van der Waals surface area contributed by atoms with Crippen LogP contribution in [0.1, 0.15) is 89.5 Å². The van der Waals surface area contributed by atoms with Crippen LogP contribution in [0.4, 0.5) is 0 Å². The molecule has 3 saturated heterocycles. The Bertz CT molecular complexity index is 846. The minimum atomic E-state index is -0.519. The molecule has 36 heavy (non-hydrogen) atoms. The summed E-state index contributed by atoms with van der Waals surface area (Å²) in [6.45, 7) is 3.92. The normalized spacial score (nSPS) is 34.9. The van der Waals surface area contributed by atoms with E-state index < -0.39 is 17.9 Å². The number of benzene rings is 1. The lowest BCUT2D eigenvalue weighted by atomic mass is 9.94. The lowest BCUT2D eigenvalue weighted by Crippen LogP contribution is -2.45. The predicted molar refractivity (Wildman–Crippen MR) is 132 cm³/mol. The van der Waals surface area contributed by atoms with Crippen LogP contribution in [-0.4, -0.2) is 55.5 Å². The lowest BCUT2D eigenvalue weighted by Gasteiger charge is -2.35. The van der Waals surface area contributed by atoms with Crippen LogP contribution in [0.25, 0.3) is 0 Å². The zero-order chi connectivity index (χ0) is 24.4. The maximum atomic E-state index is 6.63. The van der Waals surface area contributed by atoms with Gasteiger partial charge in [-0.15, -0.1) is 0 Å². The molecular formula is C29H42O7. The zero-order valence-corrected chi connectivity index (χ0v) is 21.7. The molecule has 0 bridgehead atoms. The summed E-state index contributed by atoms with van der Waals surface area (Å²) in [4.78, 5) is 0. The van der Waals surface area contributed by atoms with E-state index in [2.05, 4.69) is 19.1 Å². The Balaban J connectivity index is 1.13. The van der Waals surface area contributed by atoms with Crippen molar-refractivity contribution in [3.63, 3.8) is 0 Å². The van der Waals surface area contributed by atoms with Crippen molar-refractivity contribution in [1.29, 1.82) is 0 Å². The van der Waals surface area contributed by atoms with Gasteiger partial charge in [-0.3, -0.25) is 0 Å². The standard InChI is InChI=1S/C29H42O7/c1-2-3-18-30-22-12-10-21(11-13-22)19-31-25-24(23-20-32-28(34-23)14-6-4-7-15-28)33-27-26(25)35-29(36-27)16-8-5-9-17-29/h10-13,23-27H,2-9,14-20H2,1H3/t23-,24+,25+,26+,27-/m0/s1. The minimum absolute atomic E-state index is 0.178. The van der Waals surface area contributed by atoms with Gasteiger partial charge in [-0.2, -0.15) is 0 Å². The van der Waals surface area contributed by atoms with Gasteiger partial charge in [-0.1, -0.05) is 38.3 Å². The third-order valence-electron chi connectivity index (χ3n) is 8.50. The third-order valence-corrected chi connectivity index (χ3v) is 8.50. The largest absolute Gasteiger partial charge is 0.494 e. The molecule has 0 amide bonds. The quantitative estimate of drug-likeness (QED) is 0.427. The van der Waals surface area contributed by atoms with Crippen molar-refractivity contribution in [3.05, 3.63) is 29.8 Å². The fourth-order valence-electron chi connectivity index (χ4n) is 6.47. The number of fused-ring (bicyclic) bond motifs is 1. The first-order valence-corrected chi connectivity index (χ1v) is 14.3. The van der Waals surface area contributed by atoms with E-state index in [1.807, 2.05) is 12.1 Å². The molecule has 1 aromatic rings. The van der Waals surface area contributed by atoms with E-state index in [4.69, 9.17) is 33.2 Å². The van der Waals surface area contributed by atoms with Gasteiger partial charge >= 0.3 is 0 Å². The average molecular weight is 503 g/mol. The molecule has 0 radical (unpaired) electrons. The third kappa shape index (κ3) is 5.20. The molecule has 3 aliphatic heterocycles. The van der Waals surface area contributed by atoms with Gasteiger partial charge in [-0.05, 0) is 49.8 Å². The highest BCUT2D eigenvalue weighted by molar-refractivity contribution is 5.27. The summed E-state index contributed by atoms with van der Waals surface area (Å²) in [7, 11) is 0. The topological polar surface area (TPSA) is 64.6 Å². The summed E-state index contributed by atoms with van der Waals surface area (Å²) in [5.74, 6) is -0.0700. The highest BCUT2D eigenvalue weighted by Gasteiger charge is 2.61. The highest BCUT2D eigenvalue weighted by atomic mass is 16.9. The van der Waals surface area contributed by atoms with Crippen LogP contribution in [0.2, 0.25) is 0 Å². The fourth-order valence-corrected chi connectivity index (χ4v) is 6.47. The van der Waals surface area contributed by atoms with Gasteiger partial charge in [0.15, 0.2) is 17.9 Å². The van der Waals surface area contributed by atoms with Gasteiger partial charge in [0.1, 0.15) is 30.2 Å². The van der Waals surface area contributed by atoms with Crippen LogP contribution in [0.5, 0.6) is 5.75 Å². The Morgan fingerprint density at radius 3 is 2.28 bits per heavy atom. The van der Waals surface area contributed by atoms with Crippen LogP contribution in [-0.2, 0) is 35.0 Å². The smallest absolute Gasteiger partial charge is 0.190 e.